The van der Waals surface area contributed by atoms with Crippen molar-refractivity contribution in [2.75, 3.05) is 26.2 Å². The van der Waals surface area contributed by atoms with Crippen molar-refractivity contribution in [1.82, 2.24) is 9.47 Å². The lowest BCUT2D eigenvalue weighted by atomic mass is 10.1. The van der Waals surface area contributed by atoms with E-state index in [2.05, 4.69) is 40.7 Å². The molecule has 190 valence electrons. The summed E-state index contributed by atoms with van der Waals surface area (Å²) >= 11 is 0. The highest BCUT2D eigenvalue weighted by Gasteiger charge is 2.17. The molecule has 0 bridgehead atoms. The Kier molecular flexibility index (Phi) is 8.44. The van der Waals surface area contributed by atoms with Gasteiger partial charge in [0.2, 0.25) is 0 Å². The Morgan fingerprint density at radius 1 is 0.806 bits per heavy atom. The molecule has 2 N–H and O–H groups in total. The molecule has 0 aliphatic carbocycles. The van der Waals surface area contributed by atoms with Crippen LogP contribution in [0.2, 0.25) is 0 Å². The van der Waals surface area contributed by atoms with Gasteiger partial charge in [-0.05, 0) is 104 Å². The molecule has 5 rings (SSSR count). The van der Waals surface area contributed by atoms with Crippen LogP contribution in [0.3, 0.4) is 0 Å². The molecular weight excluding hydrogens is 472 g/mol. The first kappa shape index (κ1) is 25.9. The monoisotopic (exact) mass is 506 g/mol. The van der Waals surface area contributed by atoms with Crippen LogP contribution in [-0.2, 0) is 6.54 Å². The average molecular weight is 507 g/mol. The van der Waals surface area contributed by atoms with E-state index in [4.69, 9.17) is 4.74 Å². The molecule has 1 aliphatic heterocycles. The molecule has 3 aromatic carbocycles. The maximum atomic E-state index is 10.1. The minimum absolute atomic E-state index is 0. The highest BCUT2D eigenvalue weighted by Crippen LogP contribution is 2.36. The van der Waals surface area contributed by atoms with E-state index < -0.39 is 0 Å². The lowest BCUT2D eigenvalue weighted by molar-refractivity contribution is 0.214. The van der Waals surface area contributed by atoms with Crippen molar-refractivity contribution in [3.05, 3.63) is 77.9 Å². The molecule has 2 heterocycles. The number of phenols is 2. The van der Waals surface area contributed by atoms with E-state index in [9.17, 15) is 10.2 Å². The van der Waals surface area contributed by atoms with E-state index in [0.717, 1.165) is 46.6 Å². The molecule has 1 aromatic heterocycles. The number of ether oxygens (including phenoxy) is 1. The molecule has 0 saturated carbocycles. The van der Waals surface area contributed by atoms with Crippen molar-refractivity contribution in [3.8, 4) is 28.5 Å². The Bertz CT molecular complexity index is 1270. The first-order valence-electron chi connectivity index (χ1n) is 12.6. The van der Waals surface area contributed by atoms with Gasteiger partial charge in [0.25, 0.3) is 0 Å². The Balaban J connectivity index is 0.00000304. The fourth-order valence-electron chi connectivity index (χ4n) is 5.19. The second kappa shape index (κ2) is 11.7. The van der Waals surface area contributed by atoms with Gasteiger partial charge in [0.1, 0.15) is 23.9 Å². The Labute approximate surface area is 219 Å². The van der Waals surface area contributed by atoms with Gasteiger partial charge in [-0.2, -0.15) is 0 Å². The lowest BCUT2D eigenvalue weighted by Gasteiger charge is -2.19. The van der Waals surface area contributed by atoms with E-state index in [1.165, 1.54) is 44.3 Å². The summed E-state index contributed by atoms with van der Waals surface area (Å²) in [6, 6.07) is 21.2. The molecule has 0 atom stereocenters. The van der Waals surface area contributed by atoms with Crippen molar-refractivity contribution in [1.29, 1.82) is 0 Å². The minimum Gasteiger partial charge on any atom is -0.508 e. The number of aromatic nitrogens is 1. The molecular formula is C30H35ClN2O3. The maximum absolute atomic E-state index is 10.1. The zero-order valence-corrected chi connectivity index (χ0v) is 21.6. The van der Waals surface area contributed by atoms with E-state index >= 15 is 0 Å². The quantitative estimate of drug-likeness (QED) is 0.291. The topological polar surface area (TPSA) is 57.9 Å². The summed E-state index contributed by atoms with van der Waals surface area (Å²) in [6.45, 7) is 6.86. The summed E-state index contributed by atoms with van der Waals surface area (Å²) in [5.74, 6) is 1.41. The molecule has 6 heteroatoms. The molecule has 1 aliphatic rings. The predicted molar refractivity (Wildman–Crippen MR) is 149 cm³/mol. The largest absolute Gasteiger partial charge is 0.508 e. The van der Waals surface area contributed by atoms with Gasteiger partial charge in [-0.15, -0.1) is 12.4 Å². The van der Waals surface area contributed by atoms with Gasteiger partial charge >= 0.3 is 0 Å². The third-order valence-corrected chi connectivity index (χ3v) is 7.08. The number of aromatic hydroxyl groups is 2. The highest BCUT2D eigenvalue weighted by atomic mass is 35.5. The van der Waals surface area contributed by atoms with Gasteiger partial charge < -0.3 is 19.5 Å². The van der Waals surface area contributed by atoms with Crippen molar-refractivity contribution in [3.63, 3.8) is 0 Å². The summed E-state index contributed by atoms with van der Waals surface area (Å²) in [7, 11) is 0. The fourth-order valence-corrected chi connectivity index (χ4v) is 5.19. The summed E-state index contributed by atoms with van der Waals surface area (Å²) in [5.41, 5.74) is 5.47. The predicted octanol–water partition coefficient (Wildman–Crippen LogP) is 6.75. The summed E-state index contributed by atoms with van der Waals surface area (Å²) < 4.78 is 8.33. The number of halogens is 1. The number of phenolic OH excluding ortho intramolecular Hbond substituents is 2. The third kappa shape index (κ3) is 5.80. The standard InChI is InChI=1S/C30H34N2O3.ClH/c1-22-28-20-26(34)12-15-29(28)32(30(22)24-8-10-25(33)11-9-24)21-23-6-13-27(14-7-23)35-19-18-31-16-4-2-3-5-17-31;/h6-15,20,33-34H,2-5,16-19,21H2,1H3;1H. The molecule has 0 spiro atoms. The van der Waals surface area contributed by atoms with E-state index in [0.29, 0.717) is 6.54 Å². The first-order chi connectivity index (χ1) is 17.1. The van der Waals surface area contributed by atoms with Gasteiger partial charge in [-0.25, -0.2) is 0 Å². The van der Waals surface area contributed by atoms with Crippen molar-refractivity contribution in [2.24, 2.45) is 0 Å². The molecule has 0 unspecified atom stereocenters. The van der Waals surface area contributed by atoms with Gasteiger partial charge in [0.05, 0.1) is 5.69 Å². The summed E-state index contributed by atoms with van der Waals surface area (Å²) in [5, 5.41) is 20.9. The number of benzene rings is 3. The van der Waals surface area contributed by atoms with Crippen LogP contribution in [0.15, 0.2) is 66.7 Å². The number of nitrogens with zero attached hydrogens (tertiary/aromatic N) is 2. The summed E-state index contributed by atoms with van der Waals surface area (Å²) in [6.07, 6.45) is 5.30. The van der Waals surface area contributed by atoms with Crippen LogP contribution >= 0.6 is 12.4 Å². The first-order valence-corrected chi connectivity index (χ1v) is 12.6. The molecule has 36 heavy (non-hydrogen) atoms. The van der Waals surface area contributed by atoms with E-state index in [1.54, 1.807) is 18.2 Å². The number of rotatable bonds is 7. The second-order valence-electron chi connectivity index (χ2n) is 9.56. The van der Waals surface area contributed by atoms with Gasteiger partial charge in [-0.3, -0.25) is 4.90 Å². The molecule has 1 saturated heterocycles. The highest BCUT2D eigenvalue weighted by molar-refractivity contribution is 5.92. The molecule has 1 fully saturated rings. The number of hydrogen-bond acceptors (Lipinski definition) is 4. The molecule has 4 aromatic rings. The van der Waals surface area contributed by atoms with Crippen LogP contribution in [0.4, 0.5) is 0 Å². The number of hydrogen-bond donors (Lipinski definition) is 2. The van der Waals surface area contributed by atoms with Gasteiger partial charge in [0, 0.05) is 24.0 Å². The van der Waals surface area contributed by atoms with Crippen molar-refractivity contribution in [2.45, 2.75) is 39.2 Å². The normalized spacial score (nSPS) is 14.4. The van der Waals surface area contributed by atoms with Crippen LogP contribution in [0, 0.1) is 6.92 Å². The van der Waals surface area contributed by atoms with E-state index in [1.807, 2.05) is 24.3 Å². The maximum Gasteiger partial charge on any atom is 0.119 e. The van der Waals surface area contributed by atoms with Crippen molar-refractivity contribution >= 4 is 23.3 Å². The molecule has 0 radical (unpaired) electrons. The Morgan fingerprint density at radius 3 is 2.17 bits per heavy atom. The Morgan fingerprint density at radius 2 is 1.47 bits per heavy atom. The molecule has 0 amide bonds. The lowest BCUT2D eigenvalue weighted by Crippen LogP contribution is -2.29. The van der Waals surface area contributed by atoms with Gasteiger partial charge in [0.15, 0.2) is 0 Å². The van der Waals surface area contributed by atoms with Crippen LogP contribution < -0.4 is 4.74 Å². The van der Waals surface area contributed by atoms with E-state index in [-0.39, 0.29) is 23.9 Å². The van der Waals surface area contributed by atoms with Gasteiger partial charge in [-0.1, -0.05) is 25.0 Å². The number of fused-ring (bicyclic) bond motifs is 1. The SMILES string of the molecule is Cc1c(-c2ccc(O)cc2)n(Cc2ccc(OCCN3CCCCCC3)cc2)c2ccc(O)cc12.Cl. The third-order valence-electron chi connectivity index (χ3n) is 7.08. The molecule has 5 nitrogen and oxygen atoms in total. The van der Waals surface area contributed by atoms with Crippen LogP contribution in [0.5, 0.6) is 17.2 Å². The second-order valence-corrected chi connectivity index (χ2v) is 9.56. The average Bonchev–Trinajstić information content (AvgIpc) is 3.01. The Hall–Kier alpha value is -3.15. The van der Waals surface area contributed by atoms with Crippen LogP contribution in [0.1, 0.15) is 36.8 Å². The van der Waals surface area contributed by atoms with Crippen LogP contribution in [0.25, 0.3) is 22.2 Å². The van der Waals surface area contributed by atoms with Crippen molar-refractivity contribution < 1.29 is 14.9 Å². The number of aryl methyl sites for hydroxylation is 1. The minimum atomic E-state index is 0. The summed E-state index contributed by atoms with van der Waals surface area (Å²) in [4.78, 5) is 2.52. The zero-order valence-electron chi connectivity index (χ0n) is 20.8. The smallest absolute Gasteiger partial charge is 0.119 e. The fraction of sp³-hybridized carbons (Fsp3) is 0.333. The zero-order chi connectivity index (χ0) is 24.2. The van der Waals surface area contributed by atoms with Crippen LogP contribution in [-0.4, -0.2) is 45.9 Å². The number of likely N-dealkylation sites (tertiary alicyclic amines) is 1.